The average Bonchev–Trinajstić information content (AvgIpc) is 3.30. The molecule has 11 nitrogen and oxygen atoms in total. The Bertz CT molecular complexity index is 1450. The van der Waals surface area contributed by atoms with E-state index >= 15 is 0 Å². The molecule has 41 heavy (non-hydrogen) atoms. The van der Waals surface area contributed by atoms with Crippen molar-refractivity contribution in [1.82, 2.24) is 9.88 Å². The number of ether oxygens (including phenoxy) is 3. The van der Waals surface area contributed by atoms with Crippen LogP contribution in [0.5, 0.6) is 17.5 Å². The first-order chi connectivity index (χ1) is 19.6. The van der Waals surface area contributed by atoms with E-state index < -0.39 is 35.2 Å². The molecule has 11 heteroatoms. The van der Waals surface area contributed by atoms with Gasteiger partial charge in [-0.1, -0.05) is 42.5 Å². The molecule has 1 aliphatic carbocycles. The number of fused-ring (bicyclic) bond motifs is 3. The van der Waals surface area contributed by atoms with Gasteiger partial charge in [-0.15, -0.1) is 0 Å². The van der Waals surface area contributed by atoms with Gasteiger partial charge < -0.3 is 34.2 Å². The van der Waals surface area contributed by atoms with E-state index in [1.165, 1.54) is 14.2 Å². The molecule has 3 aromatic rings. The molecule has 2 aromatic carbocycles. The Hall–Kier alpha value is -3.93. The summed E-state index contributed by atoms with van der Waals surface area (Å²) in [7, 11) is 6.81. The van der Waals surface area contributed by atoms with Crippen LogP contribution in [-0.4, -0.2) is 85.1 Å². The molecular weight excluding hydrogens is 528 g/mol. The number of aliphatic hydroxyl groups excluding tert-OH is 1. The fraction of sp³-hybridized carbons (Fsp3) is 0.433. The van der Waals surface area contributed by atoms with E-state index in [0.29, 0.717) is 30.9 Å². The van der Waals surface area contributed by atoms with Crippen LogP contribution < -0.4 is 19.1 Å². The van der Waals surface area contributed by atoms with Gasteiger partial charge in [0.2, 0.25) is 17.8 Å². The Morgan fingerprint density at radius 3 is 2.39 bits per heavy atom. The van der Waals surface area contributed by atoms with E-state index in [0.717, 1.165) is 11.3 Å². The van der Waals surface area contributed by atoms with E-state index in [1.54, 1.807) is 6.07 Å². The molecule has 2 aliphatic heterocycles. The van der Waals surface area contributed by atoms with Crippen LogP contribution in [0.4, 0.5) is 5.69 Å². The number of hydrogen-bond acceptors (Lipinski definition) is 10. The summed E-state index contributed by atoms with van der Waals surface area (Å²) in [5.74, 6) is -0.233. The maximum Gasteiger partial charge on any atom is 0.247 e. The fourth-order valence-electron chi connectivity index (χ4n) is 7.01. The second-order valence-corrected chi connectivity index (χ2v) is 11.3. The minimum absolute atomic E-state index is 0.114. The number of aromatic nitrogens is 1. The SMILES string of the molecule is COc1cc2c(c(OC)n1)[C@]1(O)[C@H](O)[C@H](CN(C)C)[C@@H](c3ccccc3)[C@]1(c1ccc(N3CC([N+](=O)[O-])C3)cc1)O2. The van der Waals surface area contributed by atoms with Gasteiger partial charge in [-0.25, -0.2) is 0 Å². The number of methoxy groups -OCH3 is 2. The second kappa shape index (κ2) is 9.86. The second-order valence-electron chi connectivity index (χ2n) is 11.3. The highest BCUT2D eigenvalue weighted by Crippen LogP contribution is 2.70. The monoisotopic (exact) mass is 562 g/mol. The summed E-state index contributed by atoms with van der Waals surface area (Å²) in [5.41, 5.74) is -0.736. The van der Waals surface area contributed by atoms with Crippen LogP contribution in [0.15, 0.2) is 60.7 Å². The smallest absolute Gasteiger partial charge is 0.247 e. The molecule has 3 heterocycles. The Balaban J connectivity index is 1.56. The lowest BCUT2D eigenvalue weighted by Gasteiger charge is -2.41. The minimum atomic E-state index is -1.94. The van der Waals surface area contributed by atoms with Crippen LogP contribution >= 0.6 is 0 Å². The Morgan fingerprint density at radius 2 is 1.80 bits per heavy atom. The van der Waals surface area contributed by atoms with Crippen molar-refractivity contribution in [1.29, 1.82) is 0 Å². The van der Waals surface area contributed by atoms with Crippen molar-refractivity contribution in [3.63, 3.8) is 0 Å². The van der Waals surface area contributed by atoms with Gasteiger partial charge in [-0.2, -0.15) is 4.98 Å². The summed E-state index contributed by atoms with van der Waals surface area (Å²) in [4.78, 5) is 19.3. The number of nitrogens with zero attached hydrogens (tertiary/aromatic N) is 4. The van der Waals surface area contributed by atoms with E-state index in [-0.39, 0.29) is 22.2 Å². The molecule has 2 fully saturated rings. The van der Waals surface area contributed by atoms with Gasteiger partial charge in [0, 0.05) is 35.1 Å². The molecule has 0 amide bonds. The highest BCUT2D eigenvalue weighted by Gasteiger charge is 2.77. The summed E-state index contributed by atoms with van der Waals surface area (Å²) in [6, 6.07) is 18.3. The molecule has 6 rings (SSSR count). The summed E-state index contributed by atoms with van der Waals surface area (Å²) >= 11 is 0. The summed E-state index contributed by atoms with van der Waals surface area (Å²) in [5, 5.41) is 36.2. The first kappa shape index (κ1) is 27.3. The third-order valence-corrected chi connectivity index (χ3v) is 8.80. The van der Waals surface area contributed by atoms with Crippen molar-refractivity contribution in [3.8, 4) is 17.5 Å². The fourth-order valence-corrected chi connectivity index (χ4v) is 7.01. The van der Waals surface area contributed by atoms with E-state index in [1.807, 2.05) is 78.5 Å². The lowest BCUT2D eigenvalue weighted by Crippen LogP contribution is -2.55. The van der Waals surface area contributed by atoms with Crippen molar-refractivity contribution in [2.75, 3.05) is 52.8 Å². The largest absolute Gasteiger partial charge is 0.481 e. The third-order valence-electron chi connectivity index (χ3n) is 8.80. The van der Waals surface area contributed by atoms with Crippen molar-refractivity contribution in [2.45, 2.75) is 29.3 Å². The number of anilines is 1. The molecule has 2 N–H and O–H groups in total. The molecule has 216 valence electrons. The highest BCUT2D eigenvalue weighted by atomic mass is 16.6. The lowest BCUT2D eigenvalue weighted by atomic mass is 9.70. The van der Waals surface area contributed by atoms with Gasteiger partial charge in [0.25, 0.3) is 0 Å². The zero-order valence-corrected chi connectivity index (χ0v) is 23.4. The molecule has 5 atom stereocenters. The van der Waals surface area contributed by atoms with Gasteiger partial charge >= 0.3 is 0 Å². The summed E-state index contributed by atoms with van der Waals surface area (Å²) < 4.78 is 17.9. The van der Waals surface area contributed by atoms with Crippen LogP contribution in [0.1, 0.15) is 22.6 Å². The molecule has 0 spiro atoms. The average molecular weight is 563 g/mol. The van der Waals surface area contributed by atoms with Crippen molar-refractivity contribution in [2.24, 2.45) is 5.92 Å². The first-order valence-corrected chi connectivity index (χ1v) is 13.6. The Labute approximate surface area is 238 Å². The van der Waals surface area contributed by atoms with E-state index in [4.69, 9.17) is 14.2 Å². The van der Waals surface area contributed by atoms with Gasteiger partial charge in [0.05, 0.1) is 39.0 Å². The van der Waals surface area contributed by atoms with E-state index in [2.05, 4.69) is 4.98 Å². The summed E-state index contributed by atoms with van der Waals surface area (Å²) in [6.07, 6.45) is -1.25. The van der Waals surface area contributed by atoms with Crippen LogP contribution in [0.3, 0.4) is 0 Å². The number of pyridine rings is 1. The molecule has 3 aliphatic rings. The van der Waals surface area contributed by atoms with E-state index in [9.17, 15) is 20.3 Å². The summed E-state index contributed by atoms with van der Waals surface area (Å²) in [6.45, 7) is 1.15. The molecule has 0 radical (unpaired) electrons. The zero-order chi connectivity index (χ0) is 29.1. The topological polar surface area (TPSA) is 131 Å². The molecule has 1 saturated heterocycles. The predicted molar refractivity (Wildman–Crippen MR) is 150 cm³/mol. The number of rotatable bonds is 8. The van der Waals surface area contributed by atoms with Crippen molar-refractivity contribution < 1.29 is 29.3 Å². The number of hydrogen-bond donors (Lipinski definition) is 2. The van der Waals surface area contributed by atoms with Gasteiger partial charge in [0.15, 0.2) is 11.2 Å². The van der Waals surface area contributed by atoms with Crippen molar-refractivity contribution in [3.05, 3.63) is 87.5 Å². The quantitative estimate of drug-likeness (QED) is 0.312. The molecular formula is C30H34N4O7. The number of benzene rings is 2. The standard InChI is InChI=1S/C30H34N4O7/c1-32(2)17-22-25(18-8-6-5-7-9-18)30(19-10-12-20(13-11-19)33-15-21(16-33)34(37)38)29(36,27(22)35)26-23(41-30)14-24(39-3)31-28(26)40-4/h5-14,21-22,25,27,35-36H,15-17H2,1-4H3/t22-,25-,27-,29+,30+/m1/s1. The Kier molecular flexibility index (Phi) is 6.55. The molecule has 1 saturated carbocycles. The van der Waals surface area contributed by atoms with Gasteiger partial charge in [-0.05, 0) is 37.4 Å². The van der Waals surface area contributed by atoms with Crippen molar-refractivity contribution >= 4 is 5.69 Å². The van der Waals surface area contributed by atoms with Crippen LogP contribution in [0.25, 0.3) is 0 Å². The zero-order valence-electron chi connectivity index (χ0n) is 23.4. The highest BCUT2D eigenvalue weighted by molar-refractivity contribution is 5.61. The maximum atomic E-state index is 12.9. The maximum absolute atomic E-state index is 12.9. The number of nitro groups is 1. The number of aliphatic hydroxyl groups is 2. The Morgan fingerprint density at radius 1 is 1.12 bits per heavy atom. The normalized spacial score (nSPS) is 28.6. The van der Waals surface area contributed by atoms with Crippen LogP contribution in [0, 0.1) is 16.0 Å². The van der Waals surface area contributed by atoms with Gasteiger partial charge in [-0.3, -0.25) is 10.1 Å². The van der Waals surface area contributed by atoms with Crippen LogP contribution in [0.2, 0.25) is 0 Å². The first-order valence-electron chi connectivity index (χ1n) is 13.6. The minimum Gasteiger partial charge on any atom is -0.481 e. The van der Waals surface area contributed by atoms with Crippen LogP contribution in [-0.2, 0) is 11.2 Å². The lowest BCUT2D eigenvalue weighted by molar-refractivity contribution is -0.525. The predicted octanol–water partition coefficient (Wildman–Crippen LogP) is 2.38. The third kappa shape index (κ3) is 3.87. The molecule has 0 bridgehead atoms. The molecule has 0 unspecified atom stereocenters. The van der Waals surface area contributed by atoms with Gasteiger partial charge in [0.1, 0.15) is 5.75 Å². The molecule has 1 aromatic heterocycles.